The first-order valence-corrected chi connectivity index (χ1v) is 6.69. The molecule has 1 N–H and O–H groups in total. The number of likely N-dealkylation sites (tertiary alicyclic amines) is 1. The largest absolute Gasteiger partial charge is 0.324 e. The topological polar surface area (TPSA) is 66.5 Å². The summed E-state index contributed by atoms with van der Waals surface area (Å²) in [5.41, 5.74) is 0.624. The Balaban J connectivity index is 2.05. The Morgan fingerprint density at radius 2 is 1.74 bits per heavy atom. The van der Waals surface area contributed by atoms with Crippen LogP contribution in [0.15, 0.2) is 28.7 Å². The Morgan fingerprint density at radius 3 is 2.26 bits per heavy atom. The normalized spacial score (nSPS) is 16.6. The van der Waals surface area contributed by atoms with Crippen LogP contribution in [0.4, 0.5) is 5.69 Å². The summed E-state index contributed by atoms with van der Waals surface area (Å²) < 4.78 is 0.906. The van der Waals surface area contributed by atoms with Crippen LogP contribution in [-0.2, 0) is 14.4 Å². The first-order chi connectivity index (χ1) is 8.99. The summed E-state index contributed by atoms with van der Waals surface area (Å²) in [5, 5.41) is 2.68. The Kier molecular flexibility index (Phi) is 3.99. The van der Waals surface area contributed by atoms with E-state index in [9.17, 15) is 14.4 Å². The second-order valence-electron chi connectivity index (χ2n) is 4.33. The van der Waals surface area contributed by atoms with E-state index in [1.54, 1.807) is 31.2 Å². The number of imide groups is 1. The molecule has 2 rings (SSSR count). The second kappa shape index (κ2) is 5.52. The minimum absolute atomic E-state index is 0.189. The fourth-order valence-corrected chi connectivity index (χ4v) is 2.19. The van der Waals surface area contributed by atoms with Crippen LogP contribution in [0.5, 0.6) is 0 Å². The molecule has 1 fully saturated rings. The fraction of sp³-hybridized carbons (Fsp3) is 0.308. The molecule has 100 valence electrons. The van der Waals surface area contributed by atoms with Crippen molar-refractivity contribution in [2.75, 3.05) is 5.32 Å². The van der Waals surface area contributed by atoms with E-state index in [2.05, 4.69) is 21.2 Å². The van der Waals surface area contributed by atoms with E-state index in [1.807, 2.05) is 0 Å². The van der Waals surface area contributed by atoms with Gasteiger partial charge in [-0.2, -0.15) is 0 Å². The molecular formula is C13H13BrN2O3. The summed E-state index contributed by atoms with van der Waals surface area (Å²) in [6, 6.07) is 6.29. The molecule has 1 aromatic carbocycles. The zero-order valence-electron chi connectivity index (χ0n) is 10.4. The molecule has 19 heavy (non-hydrogen) atoms. The SMILES string of the molecule is C[C@@H](C(=O)Nc1ccc(Br)cc1)N1C(=O)CCC1=O. The quantitative estimate of drug-likeness (QED) is 0.864. The fourth-order valence-electron chi connectivity index (χ4n) is 1.92. The molecule has 1 aliphatic heterocycles. The lowest BCUT2D eigenvalue weighted by Crippen LogP contribution is -2.44. The van der Waals surface area contributed by atoms with Crippen LogP contribution in [-0.4, -0.2) is 28.7 Å². The van der Waals surface area contributed by atoms with Crippen molar-refractivity contribution in [2.24, 2.45) is 0 Å². The Morgan fingerprint density at radius 1 is 1.21 bits per heavy atom. The molecule has 6 heteroatoms. The van der Waals surface area contributed by atoms with Crippen molar-refractivity contribution in [1.29, 1.82) is 0 Å². The van der Waals surface area contributed by atoms with Crippen LogP contribution in [0.1, 0.15) is 19.8 Å². The molecule has 0 aliphatic carbocycles. The number of rotatable bonds is 3. The van der Waals surface area contributed by atoms with Crippen LogP contribution in [0.2, 0.25) is 0 Å². The van der Waals surface area contributed by atoms with Gasteiger partial charge in [0, 0.05) is 23.0 Å². The zero-order chi connectivity index (χ0) is 14.0. The van der Waals surface area contributed by atoms with E-state index in [4.69, 9.17) is 0 Å². The molecule has 3 amide bonds. The Labute approximate surface area is 119 Å². The summed E-state index contributed by atoms with van der Waals surface area (Å²) >= 11 is 3.30. The van der Waals surface area contributed by atoms with Gasteiger partial charge in [-0.05, 0) is 31.2 Å². The average Bonchev–Trinajstić information content (AvgIpc) is 2.71. The summed E-state index contributed by atoms with van der Waals surface area (Å²) in [5.74, 6) is -0.946. The monoisotopic (exact) mass is 324 g/mol. The van der Waals surface area contributed by atoms with Crippen molar-refractivity contribution in [1.82, 2.24) is 4.90 Å². The minimum Gasteiger partial charge on any atom is -0.324 e. The number of hydrogen-bond acceptors (Lipinski definition) is 3. The molecule has 1 saturated heterocycles. The molecular weight excluding hydrogens is 312 g/mol. The van der Waals surface area contributed by atoms with Gasteiger partial charge >= 0.3 is 0 Å². The van der Waals surface area contributed by atoms with Crippen molar-refractivity contribution >= 4 is 39.3 Å². The maximum atomic E-state index is 12.0. The molecule has 1 atom stereocenters. The summed E-state index contributed by atoms with van der Waals surface area (Å²) in [6.07, 6.45) is 0.378. The van der Waals surface area contributed by atoms with Gasteiger partial charge < -0.3 is 5.32 Å². The Hall–Kier alpha value is -1.69. The number of amides is 3. The highest BCUT2D eigenvalue weighted by Gasteiger charge is 2.36. The Bertz CT molecular complexity index is 511. The van der Waals surface area contributed by atoms with Crippen molar-refractivity contribution in [3.8, 4) is 0 Å². The molecule has 0 aromatic heterocycles. The molecule has 1 aliphatic rings. The minimum atomic E-state index is -0.786. The van der Waals surface area contributed by atoms with Gasteiger partial charge in [0.1, 0.15) is 6.04 Å². The maximum absolute atomic E-state index is 12.0. The van der Waals surface area contributed by atoms with Crippen LogP contribution < -0.4 is 5.32 Å². The molecule has 5 nitrogen and oxygen atoms in total. The van der Waals surface area contributed by atoms with Crippen LogP contribution >= 0.6 is 15.9 Å². The number of carbonyl (C=O) groups is 3. The number of anilines is 1. The number of nitrogens with one attached hydrogen (secondary N) is 1. The van der Waals surface area contributed by atoms with E-state index in [0.717, 1.165) is 9.37 Å². The van der Waals surface area contributed by atoms with E-state index < -0.39 is 6.04 Å². The van der Waals surface area contributed by atoms with Crippen molar-refractivity contribution in [2.45, 2.75) is 25.8 Å². The van der Waals surface area contributed by atoms with Gasteiger partial charge in [-0.3, -0.25) is 19.3 Å². The third kappa shape index (κ3) is 3.01. The van der Waals surface area contributed by atoms with Crippen molar-refractivity contribution < 1.29 is 14.4 Å². The highest BCUT2D eigenvalue weighted by atomic mass is 79.9. The van der Waals surface area contributed by atoms with Crippen LogP contribution in [0.3, 0.4) is 0 Å². The summed E-state index contributed by atoms with van der Waals surface area (Å²) in [7, 11) is 0. The first kappa shape index (κ1) is 13.7. The van der Waals surface area contributed by atoms with Gasteiger partial charge in [0.2, 0.25) is 17.7 Å². The van der Waals surface area contributed by atoms with E-state index in [0.29, 0.717) is 5.69 Å². The standard InChI is InChI=1S/C13H13BrN2O3/c1-8(16-11(17)6-7-12(16)18)13(19)15-10-4-2-9(14)3-5-10/h2-5,8H,6-7H2,1H3,(H,15,19)/t8-/m0/s1. The van der Waals surface area contributed by atoms with Crippen molar-refractivity contribution in [3.63, 3.8) is 0 Å². The zero-order valence-corrected chi connectivity index (χ0v) is 11.9. The van der Waals surface area contributed by atoms with Gasteiger partial charge in [-0.1, -0.05) is 15.9 Å². The van der Waals surface area contributed by atoms with Gasteiger partial charge in [0.25, 0.3) is 0 Å². The van der Waals surface area contributed by atoms with Gasteiger partial charge in [-0.25, -0.2) is 0 Å². The summed E-state index contributed by atoms with van der Waals surface area (Å²) in [4.78, 5) is 36.1. The predicted octanol–water partition coefficient (Wildman–Crippen LogP) is 1.93. The van der Waals surface area contributed by atoms with Gasteiger partial charge in [-0.15, -0.1) is 0 Å². The smallest absolute Gasteiger partial charge is 0.247 e. The second-order valence-corrected chi connectivity index (χ2v) is 5.25. The highest BCUT2D eigenvalue weighted by Crippen LogP contribution is 2.18. The first-order valence-electron chi connectivity index (χ1n) is 5.90. The lowest BCUT2D eigenvalue weighted by atomic mass is 10.2. The molecule has 1 heterocycles. The highest BCUT2D eigenvalue weighted by molar-refractivity contribution is 9.10. The number of benzene rings is 1. The molecule has 0 bridgehead atoms. The maximum Gasteiger partial charge on any atom is 0.247 e. The number of carbonyl (C=O) groups excluding carboxylic acids is 3. The molecule has 0 unspecified atom stereocenters. The molecule has 1 aromatic rings. The summed E-state index contributed by atoms with van der Waals surface area (Å²) in [6.45, 7) is 1.55. The molecule has 0 radical (unpaired) electrons. The van der Waals surface area contributed by atoms with E-state index in [-0.39, 0.29) is 30.6 Å². The average molecular weight is 325 g/mol. The lowest BCUT2D eigenvalue weighted by Gasteiger charge is -2.21. The third-order valence-electron chi connectivity index (χ3n) is 2.97. The number of halogens is 1. The number of hydrogen-bond donors (Lipinski definition) is 1. The van der Waals surface area contributed by atoms with Crippen LogP contribution in [0.25, 0.3) is 0 Å². The van der Waals surface area contributed by atoms with Gasteiger partial charge in [0.05, 0.1) is 0 Å². The molecule has 0 saturated carbocycles. The molecule has 0 spiro atoms. The third-order valence-corrected chi connectivity index (χ3v) is 3.50. The van der Waals surface area contributed by atoms with Gasteiger partial charge in [0.15, 0.2) is 0 Å². The number of nitrogens with zero attached hydrogens (tertiary/aromatic N) is 1. The van der Waals surface area contributed by atoms with Crippen molar-refractivity contribution in [3.05, 3.63) is 28.7 Å². The van der Waals surface area contributed by atoms with E-state index in [1.165, 1.54) is 0 Å². The lowest BCUT2D eigenvalue weighted by molar-refractivity contribution is -0.144. The van der Waals surface area contributed by atoms with Crippen LogP contribution in [0, 0.1) is 0 Å². The predicted molar refractivity (Wildman–Crippen MR) is 73.3 cm³/mol. The van der Waals surface area contributed by atoms with E-state index >= 15 is 0 Å².